The van der Waals surface area contributed by atoms with Crippen LogP contribution in [0.1, 0.15) is 17.0 Å². The Morgan fingerprint density at radius 2 is 2.25 bits per heavy atom. The summed E-state index contributed by atoms with van der Waals surface area (Å²) in [7, 11) is 0. The molecule has 0 atom stereocenters. The highest BCUT2D eigenvalue weighted by atomic mass is 79.9. The lowest BCUT2D eigenvalue weighted by atomic mass is 10.3. The van der Waals surface area contributed by atoms with E-state index < -0.39 is 0 Å². The molecule has 0 spiro atoms. The lowest BCUT2D eigenvalue weighted by molar-refractivity contribution is 0.418. The van der Waals surface area contributed by atoms with Crippen LogP contribution < -0.4 is 5.69 Å². The standard InChI is InChI=1S/C10H10BrN3O2/c1-6-9(11)7(2)14(10(15)13-6)4-8-3-12-16-5-8/h3,5H,4H2,1-2H3. The van der Waals surface area contributed by atoms with Crippen LogP contribution in [0.4, 0.5) is 0 Å². The number of rotatable bonds is 2. The second kappa shape index (κ2) is 4.21. The smallest absolute Gasteiger partial charge is 0.348 e. The van der Waals surface area contributed by atoms with E-state index in [4.69, 9.17) is 4.52 Å². The summed E-state index contributed by atoms with van der Waals surface area (Å²) in [5, 5.41) is 3.60. The van der Waals surface area contributed by atoms with E-state index in [1.807, 2.05) is 6.92 Å². The van der Waals surface area contributed by atoms with Crippen molar-refractivity contribution in [1.82, 2.24) is 14.7 Å². The van der Waals surface area contributed by atoms with Gasteiger partial charge in [-0.2, -0.15) is 4.98 Å². The molecule has 0 unspecified atom stereocenters. The number of hydrogen-bond donors (Lipinski definition) is 0. The molecule has 0 aliphatic rings. The molecule has 0 radical (unpaired) electrons. The molecule has 0 bridgehead atoms. The van der Waals surface area contributed by atoms with Gasteiger partial charge < -0.3 is 4.52 Å². The first-order valence-corrected chi connectivity index (χ1v) is 5.50. The van der Waals surface area contributed by atoms with Crippen LogP contribution in [0, 0.1) is 13.8 Å². The van der Waals surface area contributed by atoms with Crippen LogP contribution in [0.15, 0.2) is 26.3 Å². The van der Waals surface area contributed by atoms with Crippen LogP contribution in [0.3, 0.4) is 0 Å². The fraction of sp³-hybridized carbons (Fsp3) is 0.300. The average molecular weight is 284 g/mol. The van der Waals surface area contributed by atoms with E-state index >= 15 is 0 Å². The molecule has 0 saturated carbocycles. The van der Waals surface area contributed by atoms with E-state index in [0.29, 0.717) is 12.2 Å². The SMILES string of the molecule is Cc1nc(=O)n(Cc2cnoc2)c(C)c1Br. The van der Waals surface area contributed by atoms with Crippen LogP contribution >= 0.6 is 15.9 Å². The molecule has 16 heavy (non-hydrogen) atoms. The third-order valence-electron chi connectivity index (χ3n) is 2.36. The van der Waals surface area contributed by atoms with Crippen molar-refractivity contribution in [2.75, 3.05) is 0 Å². The van der Waals surface area contributed by atoms with Crippen molar-refractivity contribution >= 4 is 15.9 Å². The summed E-state index contributed by atoms with van der Waals surface area (Å²) in [6.45, 7) is 4.08. The van der Waals surface area contributed by atoms with Gasteiger partial charge in [-0.05, 0) is 29.8 Å². The summed E-state index contributed by atoms with van der Waals surface area (Å²) in [5.74, 6) is 0. The van der Waals surface area contributed by atoms with Crippen LogP contribution in [-0.2, 0) is 6.54 Å². The molecule has 5 nitrogen and oxygen atoms in total. The van der Waals surface area contributed by atoms with Crippen molar-refractivity contribution in [1.29, 1.82) is 0 Å². The van der Waals surface area contributed by atoms with Crippen molar-refractivity contribution in [2.45, 2.75) is 20.4 Å². The van der Waals surface area contributed by atoms with Gasteiger partial charge in [0.1, 0.15) is 6.26 Å². The molecule has 84 valence electrons. The molecule has 0 N–H and O–H groups in total. The Morgan fingerprint density at radius 3 is 2.88 bits per heavy atom. The molecule has 2 rings (SSSR count). The van der Waals surface area contributed by atoms with Gasteiger partial charge >= 0.3 is 5.69 Å². The third kappa shape index (κ3) is 1.92. The van der Waals surface area contributed by atoms with Crippen LogP contribution in [0.5, 0.6) is 0 Å². The maximum atomic E-state index is 11.7. The Bertz CT molecular complexity index is 560. The molecule has 6 heteroatoms. The fourth-order valence-corrected chi connectivity index (χ4v) is 1.75. The Morgan fingerprint density at radius 1 is 1.50 bits per heavy atom. The van der Waals surface area contributed by atoms with Gasteiger partial charge in [0.2, 0.25) is 0 Å². The Balaban J connectivity index is 2.49. The fourth-order valence-electron chi connectivity index (χ4n) is 1.45. The molecule has 0 fully saturated rings. The largest absolute Gasteiger partial charge is 0.364 e. The first kappa shape index (κ1) is 11.1. The number of halogens is 1. The minimum Gasteiger partial charge on any atom is -0.364 e. The van der Waals surface area contributed by atoms with E-state index in [2.05, 4.69) is 26.1 Å². The van der Waals surface area contributed by atoms with Crippen LogP contribution in [0.2, 0.25) is 0 Å². The van der Waals surface area contributed by atoms with Gasteiger partial charge in [-0.1, -0.05) is 5.16 Å². The molecule has 2 aromatic rings. The highest BCUT2D eigenvalue weighted by Gasteiger charge is 2.10. The second-order valence-electron chi connectivity index (χ2n) is 3.50. The molecule has 2 aromatic heterocycles. The van der Waals surface area contributed by atoms with E-state index in [1.54, 1.807) is 17.7 Å². The molecule has 0 aliphatic heterocycles. The average Bonchev–Trinajstić information content (AvgIpc) is 2.74. The third-order valence-corrected chi connectivity index (χ3v) is 3.51. The van der Waals surface area contributed by atoms with E-state index in [1.165, 1.54) is 6.26 Å². The maximum absolute atomic E-state index is 11.7. The van der Waals surface area contributed by atoms with Crippen LogP contribution in [0.25, 0.3) is 0 Å². The Labute approximate surface area is 100 Å². The van der Waals surface area contributed by atoms with E-state index in [9.17, 15) is 4.79 Å². The van der Waals surface area contributed by atoms with E-state index in [0.717, 1.165) is 15.7 Å². The van der Waals surface area contributed by atoms with Gasteiger partial charge in [-0.25, -0.2) is 4.79 Å². The molecular weight excluding hydrogens is 274 g/mol. The maximum Gasteiger partial charge on any atom is 0.348 e. The minimum atomic E-state index is -0.264. The number of hydrogen-bond acceptors (Lipinski definition) is 4. The zero-order valence-electron chi connectivity index (χ0n) is 8.90. The van der Waals surface area contributed by atoms with Gasteiger partial charge in [0.25, 0.3) is 0 Å². The minimum absolute atomic E-state index is 0.264. The summed E-state index contributed by atoms with van der Waals surface area (Å²) in [4.78, 5) is 15.6. The molecule has 0 saturated heterocycles. The summed E-state index contributed by atoms with van der Waals surface area (Å²) >= 11 is 3.41. The van der Waals surface area contributed by atoms with Gasteiger partial charge in [0.15, 0.2) is 0 Å². The van der Waals surface area contributed by atoms with Gasteiger partial charge in [0, 0.05) is 11.3 Å². The predicted molar refractivity (Wildman–Crippen MR) is 61.3 cm³/mol. The van der Waals surface area contributed by atoms with Crippen molar-refractivity contribution < 1.29 is 4.52 Å². The number of aromatic nitrogens is 3. The molecule has 0 aliphatic carbocycles. The highest BCUT2D eigenvalue weighted by Crippen LogP contribution is 2.17. The lowest BCUT2D eigenvalue weighted by Gasteiger charge is -2.10. The summed E-state index contributed by atoms with van der Waals surface area (Å²) < 4.78 is 7.15. The topological polar surface area (TPSA) is 60.9 Å². The predicted octanol–water partition coefficient (Wildman–Crippen LogP) is 1.66. The first-order chi connectivity index (χ1) is 7.59. The Hall–Kier alpha value is -1.43. The summed E-state index contributed by atoms with van der Waals surface area (Å²) in [6.07, 6.45) is 3.10. The normalized spacial score (nSPS) is 10.7. The monoisotopic (exact) mass is 283 g/mol. The molecular formula is C10H10BrN3O2. The zero-order valence-corrected chi connectivity index (χ0v) is 10.5. The molecule has 0 aromatic carbocycles. The first-order valence-electron chi connectivity index (χ1n) is 4.71. The van der Waals surface area contributed by atoms with Gasteiger partial charge in [0.05, 0.1) is 22.9 Å². The lowest BCUT2D eigenvalue weighted by Crippen LogP contribution is -2.26. The summed E-state index contributed by atoms with van der Waals surface area (Å²) in [5.41, 5.74) is 2.12. The number of aryl methyl sites for hydroxylation is 1. The molecule has 0 amide bonds. The second-order valence-corrected chi connectivity index (χ2v) is 4.29. The Kier molecular flexibility index (Phi) is 2.91. The van der Waals surface area contributed by atoms with Crippen molar-refractivity contribution in [2.24, 2.45) is 0 Å². The summed E-state index contributed by atoms with van der Waals surface area (Å²) in [6, 6.07) is 0. The molecule has 2 heterocycles. The number of nitrogens with zero attached hydrogens (tertiary/aromatic N) is 3. The van der Waals surface area contributed by atoms with E-state index in [-0.39, 0.29) is 5.69 Å². The van der Waals surface area contributed by atoms with Crippen LogP contribution in [-0.4, -0.2) is 14.7 Å². The van der Waals surface area contributed by atoms with Crippen molar-refractivity contribution in [3.63, 3.8) is 0 Å². The van der Waals surface area contributed by atoms with Crippen molar-refractivity contribution in [3.05, 3.63) is 44.4 Å². The van der Waals surface area contributed by atoms with Gasteiger partial charge in [-0.15, -0.1) is 0 Å². The van der Waals surface area contributed by atoms with Crippen molar-refractivity contribution in [3.8, 4) is 0 Å². The zero-order chi connectivity index (χ0) is 11.7. The quantitative estimate of drug-likeness (QED) is 0.841. The highest BCUT2D eigenvalue weighted by molar-refractivity contribution is 9.10. The van der Waals surface area contributed by atoms with Gasteiger partial charge in [-0.3, -0.25) is 4.57 Å².